The number of likely N-dealkylation sites (tertiary alicyclic amines) is 1. The molecule has 1 fully saturated rings. The highest BCUT2D eigenvalue weighted by Crippen LogP contribution is 2.35. The predicted octanol–water partition coefficient (Wildman–Crippen LogP) is 2.99. The van der Waals surface area contributed by atoms with Gasteiger partial charge in [0.25, 0.3) is 0 Å². The molecule has 0 aromatic heterocycles. The summed E-state index contributed by atoms with van der Waals surface area (Å²) >= 11 is 6.80. The number of imide groups is 1. The largest absolute Gasteiger partial charge is 0.274 e. The normalized spacial score (nSPS) is 18.0. The van der Waals surface area contributed by atoms with Crippen molar-refractivity contribution in [2.75, 3.05) is 0 Å². The van der Waals surface area contributed by atoms with Crippen LogP contribution in [0.25, 0.3) is 0 Å². The van der Waals surface area contributed by atoms with E-state index in [1.165, 1.54) is 4.90 Å². The number of carbonyl (C=O) groups is 2. The Morgan fingerprint density at radius 2 is 1.69 bits per heavy atom. The fourth-order valence-electron chi connectivity index (χ4n) is 1.65. The quantitative estimate of drug-likeness (QED) is 0.469. The van der Waals surface area contributed by atoms with Crippen LogP contribution in [0.1, 0.15) is 23.4 Å². The van der Waals surface area contributed by atoms with Crippen LogP contribution in [-0.4, -0.2) is 16.7 Å². The Kier molecular flexibility index (Phi) is 3.44. The van der Waals surface area contributed by atoms with Crippen LogP contribution in [0.3, 0.4) is 0 Å². The second-order valence-corrected chi connectivity index (χ2v) is 5.24. The lowest BCUT2D eigenvalue weighted by Gasteiger charge is -2.21. The number of nitrogens with zero attached hydrogens (tertiary/aromatic N) is 1. The van der Waals surface area contributed by atoms with Crippen molar-refractivity contribution in [2.45, 2.75) is 17.8 Å². The van der Waals surface area contributed by atoms with Crippen molar-refractivity contribution in [1.82, 2.24) is 4.90 Å². The minimum atomic E-state index is -0.384. The molecule has 2 amide bonds. The van der Waals surface area contributed by atoms with Crippen molar-refractivity contribution in [3.8, 4) is 0 Å². The summed E-state index contributed by atoms with van der Waals surface area (Å²) in [6, 6.07) is 7.53. The summed E-state index contributed by atoms with van der Waals surface area (Å²) in [5.74, 6) is -0.245. The van der Waals surface area contributed by atoms with Gasteiger partial charge in [-0.1, -0.05) is 50.1 Å². The first-order valence-electron chi connectivity index (χ1n) is 4.84. The molecule has 1 aromatic carbocycles. The first-order valence-corrected chi connectivity index (χ1v) is 6.55. The molecule has 0 bridgehead atoms. The number of amides is 2. The molecule has 0 aliphatic carbocycles. The summed E-state index contributed by atoms with van der Waals surface area (Å²) in [5, 5.41) is 0. The molecule has 1 heterocycles. The molecule has 0 spiro atoms. The smallest absolute Gasteiger partial charge is 0.230 e. The van der Waals surface area contributed by atoms with E-state index in [4.69, 9.17) is 0 Å². The van der Waals surface area contributed by atoms with Crippen molar-refractivity contribution in [3.05, 3.63) is 34.3 Å². The molecule has 1 aromatic rings. The van der Waals surface area contributed by atoms with Gasteiger partial charge >= 0.3 is 0 Å². The van der Waals surface area contributed by atoms with Gasteiger partial charge in [0, 0.05) is 22.9 Å². The molecule has 1 aliphatic heterocycles. The van der Waals surface area contributed by atoms with Gasteiger partial charge in [-0.15, -0.1) is 0 Å². The second-order valence-electron chi connectivity index (χ2n) is 3.51. The maximum absolute atomic E-state index is 11.6. The predicted molar refractivity (Wildman–Crippen MR) is 66.9 cm³/mol. The van der Waals surface area contributed by atoms with E-state index in [1.54, 1.807) is 0 Å². The van der Waals surface area contributed by atoms with Crippen LogP contribution in [0.5, 0.6) is 0 Å². The van der Waals surface area contributed by atoms with Gasteiger partial charge in [-0.3, -0.25) is 14.5 Å². The molecule has 84 valence electrons. The number of rotatable bonds is 2. The van der Waals surface area contributed by atoms with Gasteiger partial charge in [0.1, 0.15) is 4.95 Å². The molecule has 1 unspecified atom stereocenters. The van der Waals surface area contributed by atoms with E-state index in [2.05, 4.69) is 31.9 Å². The number of carbonyl (C=O) groups excluding carboxylic acids is 2. The Morgan fingerprint density at radius 1 is 1.12 bits per heavy atom. The van der Waals surface area contributed by atoms with E-state index in [-0.39, 0.29) is 16.8 Å². The Bertz CT molecular complexity index is 431. The lowest BCUT2D eigenvalue weighted by Crippen LogP contribution is -2.30. The third-order valence-electron chi connectivity index (χ3n) is 2.48. The average molecular weight is 347 g/mol. The minimum absolute atomic E-state index is 0.123. The van der Waals surface area contributed by atoms with Gasteiger partial charge in [-0.05, 0) is 6.07 Å². The molecule has 1 aliphatic rings. The summed E-state index contributed by atoms with van der Waals surface area (Å²) in [4.78, 5) is 24.0. The molecular formula is C11H9Br2NO2. The van der Waals surface area contributed by atoms with Crippen LogP contribution >= 0.6 is 31.9 Å². The summed E-state index contributed by atoms with van der Waals surface area (Å²) < 4.78 is 0.879. The zero-order chi connectivity index (χ0) is 11.7. The highest BCUT2D eigenvalue weighted by molar-refractivity contribution is 9.11. The van der Waals surface area contributed by atoms with Gasteiger partial charge in [0.05, 0.1) is 0 Å². The molecule has 0 radical (unpaired) electrons. The third-order valence-corrected chi connectivity index (χ3v) is 4.10. The highest BCUT2D eigenvalue weighted by atomic mass is 79.9. The van der Waals surface area contributed by atoms with Crippen LogP contribution in [0.2, 0.25) is 0 Å². The van der Waals surface area contributed by atoms with Crippen LogP contribution in [0.4, 0.5) is 0 Å². The molecule has 0 N–H and O–H groups in total. The molecule has 0 saturated carbocycles. The Morgan fingerprint density at radius 3 is 2.25 bits per heavy atom. The second kappa shape index (κ2) is 4.67. The highest BCUT2D eigenvalue weighted by Gasteiger charge is 2.34. The topological polar surface area (TPSA) is 37.4 Å². The maximum Gasteiger partial charge on any atom is 0.230 e. The number of alkyl halides is 1. The van der Waals surface area contributed by atoms with Crippen LogP contribution in [-0.2, 0) is 9.59 Å². The fraction of sp³-hybridized carbons (Fsp3) is 0.273. The molecule has 5 heteroatoms. The van der Waals surface area contributed by atoms with Crippen LogP contribution in [0.15, 0.2) is 28.7 Å². The molecule has 1 atom stereocenters. The van der Waals surface area contributed by atoms with Crippen molar-refractivity contribution in [2.24, 2.45) is 0 Å². The van der Waals surface area contributed by atoms with Gasteiger partial charge in [0.2, 0.25) is 11.8 Å². The zero-order valence-corrected chi connectivity index (χ0v) is 11.5. The molecule has 16 heavy (non-hydrogen) atoms. The Labute approximate surface area is 110 Å². The lowest BCUT2D eigenvalue weighted by molar-refractivity contribution is -0.139. The first kappa shape index (κ1) is 11.8. The summed E-state index contributed by atoms with van der Waals surface area (Å²) in [7, 11) is 0. The molecular weight excluding hydrogens is 338 g/mol. The van der Waals surface area contributed by atoms with Gasteiger partial charge in [-0.2, -0.15) is 0 Å². The van der Waals surface area contributed by atoms with E-state index in [1.807, 2.05) is 24.3 Å². The summed E-state index contributed by atoms with van der Waals surface area (Å²) in [6.07, 6.45) is 0.622. The van der Waals surface area contributed by atoms with Crippen molar-refractivity contribution in [3.63, 3.8) is 0 Å². The summed E-state index contributed by atoms with van der Waals surface area (Å²) in [5.41, 5.74) is 0.881. The van der Waals surface area contributed by atoms with E-state index in [0.29, 0.717) is 12.8 Å². The van der Waals surface area contributed by atoms with E-state index >= 15 is 0 Å². The Balaban J connectivity index is 2.32. The summed E-state index contributed by atoms with van der Waals surface area (Å²) in [6.45, 7) is 0. The number of halogens is 2. The van der Waals surface area contributed by atoms with E-state index < -0.39 is 0 Å². The van der Waals surface area contributed by atoms with Crippen molar-refractivity contribution < 1.29 is 9.59 Å². The van der Waals surface area contributed by atoms with Crippen LogP contribution in [0, 0.1) is 0 Å². The molecule has 3 nitrogen and oxygen atoms in total. The molecule has 2 rings (SSSR count). The number of hydrogen-bond acceptors (Lipinski definition) is 2. The van der Waals surface area contributed by atoms with E-state index in [0.717, 1.165) is 10.0 Å². The van der Waals surface area contributed by atoms with Gasteiger partial charge in [0.15, 0.2) is 0 Å². The lowest BCUT2D eigenvalue weighted by atomic mass is 10.2. The van der Waals surface area contributed by atoms with Crippen LogP contribution < -0.4 is 0 Å². The number of benzene rings is 1. The molecule has 1 saturated heterocycles. The van der Waals surface area contributed by atoms with Gasteiger partial charge < -0.3 is 0 Å². The monoisotopic (exact) mass is 345 g/mol. The Hall–Kier alpha value is -0.680. The average Bonchev–Trinajstić information content (AvgIpc) is 2.58. The zero-order valence-electron chi connectivity index (χ0n) is 8.32. The van der Waals surface area contributed by atoms with E-state index in [9.17, 15) is 9.59 Å². The maximum atomic E-state index is 11.6. The SMILES string of the molecule is O=C1CCC(=O)N1C(Br)c1ccccc1Br. The van der Waals surface area contributed by atoms with Gasteiger partial charge in [-0.25, -0.2) is 0 Å². The van der Waals surface area contributed by atoms with Crippen molar-refractivity contribution >= 4 is 43.7 Å². The standard InChI is InChI=1S/C11H9Br2NO2/c12-8-4-2-1-3-7(8)11(13)14-9(15)5-6-10(14)16/h1-4,11H,5-6H2. The van der Waals surface area contributed by atoms with Crippen molar-refractivity contribution in [1.29, 1.82) is 0 Å². The minimum Gasteiger partial charge on any atom is -0.274 e. The fourth-order valence-corrected chi connectivity index (χ4v) is 3.32. The third kappa shape index (κ3) is 2.06. The number of hydrogen-bond donors (Lipinski definition) is 0. The first-order chi connectivity index (χ1) is 7.61.